The average Bonchev–Trinajstić information content (AvgIpc) is 3.57. The van der Waals surface area contributed by atoms with E-state index in [1.807, 2.05) is 37.3 Å². The number of amides is 1. The van der Waals surface area contributed by atoms with E-state index in [1.165, 1.54) is 7.11 Å². The van der Waals surface area contributed by atoms with E-state index in [-0.39, 0.29) is 12.1 Å². The van der Waals surface area contributed by atoms with Crippen LogP contribution in [0.1, 0.15) is 73.7 Å². The first-order valence-electron chi connectivity index (χ1n) is 13.4. The maximum absolute atomic E-state index is 12.7. The van der Waals surface area contributed by atoms with Crippen molar-refractivity contribution in [3.05, 3.63) is 52.8 Å². The highest BCUT2D eigenvalue weighted by Crippen LogP contribution is 2.43. The van der Waals surface area contributed by atoms with Crippen molar-refractivity contribution in [2.45, 2.75) is 70.1 Å². The molecule has 1 saturated carbocycles. The van der Waals surface area contributed by atoms with Crippen LogP contribution in [-0.2, 0) is 22.4 Å². The molecule has 3 aromatic rings. The van der Waals surface area contributed by atoms with Gasteiger partial charge in [-0.3, -0.25) is 9.69 Å². The molecule has 0 spiro atoms. The molecule has 2 aromatic carbocycles. The third-order valence-corrected chi connectivity index (χ3v) is 8.50. The van der Waals surface area contributed by atoms with Gasteiger partial charge in [-0.1, -0.05) is 24.6 Å². The molecule has 6 rings (SSSR count). The number of methoxy groups -OCH3 is 1. The summed E-state index contributed by atoms with van der Waals surface area (Å²) in [5.74, 6) is -0.0284. The highest BCUT2D eigenvalue weighted by atomic mass is 16.5. The molecule has 38 heavy (non-hydrogen) atoms. The Morgan fingerprint density at radius 2 is 2.00 bits per heavy atom. The zero-order valence-corrected chi connectivity index (χ0v) is 21.7. The lowest BCUT2D eigenvalue weighted by Crippen LogP contribution is -2.42. The summed E-state index contributed by atoms with van der Waals surface area (Å²) in [4.78, 5) is 31.3. The van der Waals surface area contributed by atoms with E-state index in [1.54, 1.807) is 4.90 Å². The van der Waals surface area contributed by atoms with Crippen LogP contribution in [0.2, 0.25) is 0 Å². The molecule has 3 aliphatic rings. The molecule has 9 heteroatoms. The number of aromatic nitrogens is 2. The Morgan fingerprint density at radius 1 is 1.16 bits per heavy atom. The van der Waals surface area contributed by atoms with Crippen molar-refractivity contribution in [1.82, 2.24) is 9.55 Å². The van der Waals surface area contributed by atoms with Crippen LogP contribution in [0.3, 0.4) is 0 Å². The maximum atomic E-state index is 12.7. The van der Waals surface area contributed by atoms with Gasteiger partial charge in [0.2, 0.25) is 0 Å². The smallest absolute Gasteiger partial charge is 0.414 e. The number of benzene rings is 2. The summed E-state index contributed by atoms with van der Waals surface area (Å²) in [6.45, 7) is 2.58. The van der Waals surface area contributed by atoms with Gasteiger partial charge in [-0.05, 0) is 56.7 Å². The minimum absolute atomic E-state index is 0.0155. The Balaban J connectivity index is 1.54. The molecule has 3 heterocycles. The van der Waals surface area contributed by atoms with Crippen LogP contribution in [-0.4, -0.2) is 51.6 Å². The van der Waals surface area contributed by atoms with Crippen molar-refractivity contribution in [2.75, 3.05) is 18.6 Å². The number of carbonyl (C=O) groups is 2. The number of para-hydroxylation sites is 1. The number of carbonyl (C=O) groups excluding carboxylic acids is 1. The van der Waals surface area contributed by atoms with Crippen LogP contribution < -0.4 is 9.64 Å². The van der Waals surface area contributed by atoms with Crippen LogP contribution in [0.25, 0.3) is 11.0 Å². The highest BCUT2D eigenvalue weighted by Gasteiger charge is 2.36. The molecule has 0 bridgehead atoms. The first-order chi connectivity index (χ1) is 18.4. The number of aryl methyl sites for hydroxylation is 1. The summed E-state index contributed by atoms with van der Waals surface area (Å²) in [5, 5.41) is 21.6. The third kappa shape index (κ3) is 3.91. The van der Waals surface area contributed by atoms with Gasteiger partial charge in [0.05, 0.1) is 36.4 Å². The van der Waals surface area contributed by atoms with Crippen molar-refractivity contribution in [3.63, 3.8) is 0 Å². The van der Waals surface area contributed by atoms with Crippen LogP contribution in [0, 0.1) is 5.92 Å². The van der Waals surface area contributed by atoms with Crippen molar-refractivity contribution < 1.29 is 29.3 Å². The van der Waals surface area contributed by atoms with Gasteiger partial charge in [-0.2, -0.15) is 0 Å². The standard InChI is InChI=1S/C29H33N3O6/c1-16-9-10-20-22(31(16)29(36)37-2)11-12-23-24(20)30-27(32(23)19-7-3-6-18(15-19)28(34)35)25(33)21-8-4-5-17-13-14-38-26(17)21/h4-5,8,11-12,16,18-19,25,33H,3,6-7,9-10,13-15H2,1-2H3,(H,34,35)/t16-,18?,19?,25?/m0/s1. The van der Waals surface area contributed by atoms with E-state index >= 15 is 0 Å². The Kier molecular flexibility index (Phi) is 6.26. The number of rotatable bonds is 4. The number of aliphatic hydroxyl groups is 1. The lowest BCUT2D eigenvalue weighted by Gasteiger charge is -2.34. The number of hydrogen-bond donors (Lipinski definition) is 2. The van der Waals surface area contributed by atoms with Gasteiger partial charge in [0.25, 0.3) is 0 Å². The number of anilines is 1. The molecule has 0 radical (unpaired) electrons. The topological polar surface area (TPSA) is 114 Å². The third-order valence-electron chi connectivity index (χ3n) is 8.50. The zero-order chi connectivity index (χ0) is 26.6. The summed E-state index contributed by atoms with van der Waals surface area (Å²) < 4.78 is 13.0. The van der Waals surface area contributed by atoms with E-state index in [9.17, 15) is 19.8 Å². The van der Waals surface area contributed by atoms with E-state index in [2.05, 4.69) is 4.57 Å². The predicted molar refractivity (Wildman–Crippen MR) is 141 cm³/mol. The first kappa shape index (κ1) is 24.7. The average molecular weight is 520 g/mol. The number of ether oxygens (including phenoxy) is 2. The quantitative estimate of drug-likeness (QED) is 0.510. The van der Waals surface area contributed by atoms with E-state index in [0.29, 0.717) is 36.6 Å². The number of aliphatic hydroxyl groups excluding tert-OH is 1. The van der Waals surface area contributed by atoms with Gasteiger partial charge in [0, 0.05) is 29.6 Å². The maximum Gasteiger partial charge on any atom is 0.414 e. The molecule has 0 saturated heterocycles. The molecule has 1 aliphatic carbocycles. The molecule has 2 aliphatic heterocycles. The summed E-state index contributed by atoms with van der Waals surface area (Å²) in [5.41, 5.74) is 5.03. The Morgan fingerprint density at radius 3 is 2.79 bits per heavy atom. The number of fused-ring (bicyclic) bond motifs is 4. The van der Waals surface area contributed by atoms with E-state index < -0.39 is 24.1 Å². The molecule has 2 N–H and O–H groups in total. The second-order valence-corrected chi connectivity index (χ2v) is 10.7. The summed E-state index contributed by atoms with van der Waals surface area (Å²) in [6, 6.07) is 9.56. The Hall–Kier alpha value is -3.59. The van der Waals surface area contributed by atoms with Gasteiger partial charge in [-0.15, -0.1) is 0 Å². The molecular weight excluding hydrogens is 486 g/mol. The minimum atomic E-state index is -1.05. The summed E-state index contributed by atoms with van der Waals surface area (Å²) in [7, 11) is 1.38. The number of imidazole rings is 1. The minimum Gasteiger partial charge on any atom is -0.493 e. The Labute approximate surface area is 221 Å². The number of nitrogens with zero attached hydrogens (tertiary/aromatic N) is 3. The fraction of sp³-hybridized carbons (Fsp3) is 0.483. The summed E-state index contributed by atoms with van der Waals surface area (Å²) >= 11 is 0. The van der Waals surface area contributed by atoms with Crippen molar-refractivity contribution in [3.8, 4) is 5.75 Å². The highest BCUT2D eigenvalue weighted by molar-refractivity contribution is 5.95. The lowest BCUT2D eigenvalue weighted by molar-refractivity contribution is -0.143. The van der Waals surface area contributed by atoms with Crippen molar-refractivity contribution >= 4 is 28.8 Å². The van der Waals surface area contributed by atoms with Gasteiger partial charge in [-0.25, -0.2) is 9.78 Å². The number of carboxylic acids is 1. The van der Waals surface area contributed by atoms with Gasteiger partial charge in [0.15, 0.2) is 0 Å². The van der Waals surface area contributed by atoms with E-state index in [4.69, 9.17) is 14.5 Å². The lowest BCUT2D eigenvalue weighted by atomic mass is 9.85. The first-order valence-corrected chi connectivity index (χ1v) is 13.4. The fourth-order valence-electron chi connectivity index (χ4n) is 6.59. The molecule has 1 aromatic heterocycles. The van der Waals surface area contributed by atoms with Crippen molar-refractivity contribution in [2.24, 2.45) is 5.92 Å². The van der Waals surface area contributed by atoms with Gasteiger partial charge >= 0.3 is 12.1 Å². The molecule has 4 atom stereocenters. The SMILES string of the molecule is COC(=O)N1c2ccc3c(nc(C(O)c4cccc5c4OCC5)n3C3CCCC(C(=O)O)C3)c2CC[C@@H]1C. The van der Waals surface area contributed by atoms with Crippen LogP contribution in [0.5, 0.6) is 5.75 Å². The zero-order valence-electron chi connectivity index (χ0n) is 21.7. The van der Waals surface area contributed by atoms with Crippen LogP contribution in [0.4, 0.5) is 10.5 Å². The number of hydrogen-bond acceptors (Lipinski definition) is 6. The summed E-state index contributed by atoms with van der Waals surface area (Å²) in [6.07, 6.45) is 3.56. The second-order valence-electron chi connectivity index (χ2n) is 10.7. The fourth-order valence-corrected chi connectivity index (χ4v) is 6.59. The molecule has 1 amide bonds. The molecule has 200 valence electrons. The van der Waals surface area contributed by atoms with Gasteiger partial charge < -0.3 is 24.3 Å². The number of aliphatic carboxylic acids is 1. The largest absolute Gasteiger partial charge is 0.493 e. The van der Waals surface area contributed by atoms with Crippen molar-refractivity contribution in [1.29, 1.82) is 0 Å². The van der Waals surface area contributed by atoms with Crippen LogP contribution >= 0.6 is 0 Å². The second kappa shape index (κ2) is 9.62. The predicted octanol–water partition coefficient (Wildman–Crippen LogP) is 4.78. The normalized spacial score (nSPS) is 23.4. The van der Waals surface area contributed by atoms with E-state index in [0.717, 1.165) is 60.0 Å². The molecule has 3 unspecified atom stereocenters. The molecule has 1 fully saturated rings. The van der Waals surface area contributed by atoms with Gasteiger partial charge in [0.1, 0.15) is 17.7 Å². The monoisotopic (exact) mass is 519 g/mol. The number of carboxylic acid groups (broad SMARTS) is 1. The molecular formula is C29H33N3O6. The Bertz CT molecular complexity index is 1420. The molecule has 9 nitrogen and oxygen atoms in total. The van der Waals surface area contributed by atoms with Crippen LogP contribution in [0.15, 0.2) is 30.3 Å².